The van der Waals surface area contributed by atoms with Crippen LogP contribution in [0.2, 0.25) is 10.0 Å². The van der Waals surface area contributed by atoms with Crippen molar-refractivity contribution in [1.29, 1.82) is 0 Å². The average Bonchev–Trinajstić information content (AvgIpc) is 3.17. The molecule has 0 N–H and O–H groups in total. The number of sulfonamides is 1. The topological polar surface area (TPSA) is 57.7 Å². The van der Waals surface area contributed by atoms with E-state index in [2.05, 4.69) is 0 Å². The van der Waals surface area contributed by atoms with Gasteiger partial charge in [0, 0.05) is 18.1 Å². The summed E-state index contributed by atoms with van der Waals surface area (Å²) in [6.45, 7) is 0.958. The fourth-order valence-electron chi connectivity index (χ4n) is 2.89. The Balaban J connectivity index is 2.04. The number of nitrogens with zero attached hydrogens (tertiary/aromatic N) is 2. The summed E-state index contributed by atoms with van der Waals surface area (Å²) in [6.07, 6.45) is 1.85. The molecule has 1 aliphatic rings. The van der Waals surface area contributed by atoms with E-state index in [0.717, 1.165) is 17.1 Å². The van der Waals surface area contributed by atoms with Crippen molar-refractivity contribution >= 4 is 44.8 Å². The maximum atomic E-state index is 13.2. The highest BCUT2D eigenvalue weighted by Crippen LogP contribution is 2.33. The third kappa shape index (κ3) is 3.98. The van der Waals surface area contributed by atoms with E-state index in [-0.39, 0.29) is 28.1 Å². The fourth-order valence-corrected chi connectivity index (χ4v) is 4.77. The molecule has 0 aliphatic carbocycles. The predicted molar refractivity (Wildman–Crippen MR) is 103 cm³/mol. The van der Waals surface area contributed by atoms with Crippen molar-refractivity contribution in [3.8, 4) is 0 Å². The highest BCUT2D eigenvalue weighted by molar-refractivity contribution is 7.92. The molecule has 26 heavy (non-hydrogen) atoms. The van der Waals surface area contributed by atoms with Gasteiger partial charge in [-0.2, -0.15) is 0 Å². The zero-order valence-electron chi connectivity index (χ0n) is 13.9. The van der Waals surface area contributed by atoms with Crippen molar-refractivity contribution < 1.29 is 13.2 Å². The third-order valence-electron chi connectivity index (χ3n) is 4.25. The fraction of sp³-hybridized carbons (Fsp3) is 0.278. The van der Waals surface area contributed by atoms with Gasteiger partial charge in [-0.15, -0.1) is 0 Å². The van der Waals surface area contributed by atoms with Crippen molar-refractivity contribution in [2.45, 2.75) is 17.7 Å². The summed E-state index contributed by atoms with van der Waals surface area (Å²) in [4.78, 5) is 14.4. The van der Waals surface area contributed by atoms with Crippen LogP contribution in [-0.4, -0.2) is 38.9 Å². The molecule has 1 saturated heterocycles. The Morgan fingerprint density at radius 3 is 2.35 bits per heavy atom. The summed E-state index contributed by atoms with van der Waals surface area (Å²) in [7, 11) is -3.98. The van der Waals surface area contributed by atoms with Gasteiger partial charge in [0.25, 0.3) is 10.0 Å². The van der Waals surface area contributed by atoms with Gasteiger partial charge >= 0.3 is 0 Å². The Hall–Kier alpha value is -1.76. The Kier molecular flexibility index (Phi) is 5.75. The number of rotatable bonds is 5. The average molecular weight is 413 g/mol. The van der Waals surface area contributed by atoms with Crippen molar-refractivity contribution in [3.05, 3.63) is 58.6 Å². The van der Waals surface area contributed by atoms with Crippen molar-refractivity contribution in [3.63, 3.8) is 0 Å². The van der Waals surface area contributed by atoms with Crippen LogP contribution in [-0.2, 0) is 14.8 Å². The third-order valence-corrected chi connectivity index (χ3v) is 6.57. The summed E-state index contributed by atoms with van der Waals surface area (Å²) in [5.74, 6) is -0.252. The second-order valence-electron chi connectivity index (χ2n) is 6.01. The molecule has 0 saturated carbocycles. The van der Waals surface area contributed by atoms with Gasteiger partial charge in [0.05, 0.1) is 15.6 Å². The van der Waals surface area contributed by atoms with Crippen LogP contribution in [0.25, 0.3) is 0 Å². The smallest absolute Gasteiger partial charge is 0.264 e. The molecule has 1 amide bonds. The van der Waals surface area contributed by atoms with E-state index in [1.807, 2.05) is 0 Å². The molecular weight excluding hydrogens is 395 g/mol. The van der Waals surface area contributed by atoms with Gasteiger partial charge in [0.2, 0.25) is 5.91 Å². The van der Waals surface area contributed by atoms with Gasteiger partial charge in [0.15, 0.2) is 0 Å². The molecule has 0 radical (unpaired) electrons. The van der Waals surface area contributed by atoms with Crippen molar-refractivity contribution in [1.82, 2.24) is 4.90 Å². The number of likely N-dealkylation sites (tertiary alicyclic amines) is 1. The Bertz CT molecular complexity index is 898. The minimum Gasteiger partial charge on any atom is -0.341 e. The lowest BCUT2D eigenvalue weighted by atomic mass is 10.3. The van der Waals surface area contributed by atoms with Crippen LogP contribution in [0.4, 0.5) is 5.69 Å². The summed E-state index contributed by atoms with van der Waals surface area (Å²) in [5.41, 5.74) is 0.190. The number of hydrogen-bond donors (Lipinski definition) is 0. The predicted octanol–water partition coefficient (Wildman–Crippen LogP) is 3.81. The summed E-state index contributed by atoms with van der Waals surface area (Å²) >= 11 is 12.3. The molecule has 1 heterocycles. The van der Waals surface area contributed by atoms with Gasteiger partial charge in [0.1, 0.15) is 6.54 Å². The first-order chi connectivity index (χ1) is 12.4. The maximum Gasteiger partial charge on any atom is 0.264 e. The minimum atomic E-state index is -3.98. The molecule has 5 nitrogen and oxygen atoms in total. The van der Waals surface area contributed by atoms with Gasteiger partial charge in [-0.3, -0.25) is 9.10 Å². The Labute approximate surface area is 163 Å². The van der Waals surface area contributed by atoms with E-state index in [4.69, 9.17) is 23.2 Å². The molecule has 138 valence electrons. The second-order valence-corrected chi connectivity index (χ2v) is 8.71. The highest BCUT2D eigenvalue weighted by Gasteiger charge is 2.31. The van der Waals surface area contributed by atoms with Crippen molar-refractivity contribution in [2.24, 2.45) is 0 Å². The van der Waals surface area contributed by atoms with Crippen LogP contribution in [0.1, 0.15) is 12.8 Å². The quantitative estimate of drug-likeness (QED) is 0.749. The van der Waals surface area contributed by atoms with E-state index >= 15 is 0 Å². The Morgan fingerprint density at radius 2 is 1.69 bits per heavy atom. The molecule has 0 bridgehead atoms. The molecule has 0 unspecified atom stereocenters. The number of hydrogen-bond acceptors (Lipinski definition) is 3. The van der Waals surface area contributed by atoms with E-state index in [1.165, 1.54) is 24.3 Å². The number of anilines is 1. The van der Waals surface area contributed by atoms with Crippen LogP contribution < -0.4 is 4.31 Å². The van der Waals surface area contributed by atoms with Gasteiger partial charge in [-0.1, -0.05) is 41.4 Å². The standard InChI is InChI=1S/C18H18Cl2N2O3S/c19-14-8-9-16(20)17(12-14)22(13-18(23)21-10-4-5-11-21)26(24,25)15-6-2-1-3-7-15/h1-3,6-9,12H,4-5,10-11,13H2. The second kappa shape index (κ2) is 7.86. The molecule has 0 aromatic heterocycles. The van der Waals surface area contributed by atoms with Gasteiger partial charge in [-0.25, -0.2) is 8.42 Å². The molecule has 2 aromatic carbocycles. The van der Waals surface area contributed by atoms with Gasteiger partial charge in [-0.05, 0) is 43.2 Å². The van der Waals surface area contributed by atoms with Crippen LogP contribution in [0, 0.1) is 0 Å². The normalized spacial score (nSPS) is 14.5. The highest BCUT2D eigenvalue weighted by atomic mass is 35.5. The number of benzene rings is 2. The Morgan fingerprint density at radius 1 is 1.04 bits per heavy atom. The minimum absolute atomic E-state index is 0.0882. The van der Waals surface area contributed by atoms with Crippen LogP contribution >= 0.6 is 23.2 Å². The maximum absolute atomic E-state index is 13.2. The van der Waals surface area contributed by atoms with Crippen LogP contribution in [0.3, 0.4) is 0 Å². The lowest BCUT2D eigenvalue weighted by molar-refractivity contribution is -0.128. The first-order valence-electron chi connectivity index (χ1n) is 8.20. The number of carbonyl (C=O) groups excluding carboxylic acids is 1. The molecule has 1 aliphatic heterocycles. The molecule has 1 fully saturated rings. The molecule has 3 rings (SSSR count). The van der Waals surface area contributed by atoms with E-state index in [9.17, 15) is 13.2 Å². The van der Waals surface area contributed by atoms with E-state index in [0.29, 0.717) is 18.1 Å². The largest absolute Gasteiger partial charge is 0.341 e. The summed E-state index contributed by atoms with van der Waals surface area (Å²) in [6, 6.07) is 12.5. The lowest BCUT2D eigenvalue weighted by Crippen LogP contribution is -2.42. The van der Waals surface area contributed by atoms with Crippen LogP contribution in [0.5, 0.6) is 0 Å². The first-order valence-corrected chi connectivity index (χ1v) is 10.4. The molecule has 2 aromatic rings. The summed E-state index contributed by atoms with van der Waals surface area (Å²) < 4.78 is 27.4. The first kappa shape index (κ1) is 19.0. The molecule has 0 spiro atoms. The zero-order valence-corrected chi connectivity index (χ0v) is 16.3. The number of amides is 1. The van der Waals surface area contributed by atoms with E-state index < -0.39 is 10.0 Å². The SMILES string of the molecule is O=C(CN(c1cc(Cl)ccc1Cl)S(=O)(=O)c1ccccc1)N1CCCC1. The van der Waals surface area contributed by atoms with E-state index in [1.54, 1.807) is 29.2 Å². The molecular formula is C18H18Cl2N2O3S. The zero-order chi connectivity index (χ0) is 18.7. The lowest BCUT2D eigenvalue weighted by Gasteiger charge is -2.27. The summed E-state index contributed by atoms with van der Waals surface area (Å²) in [5, 5.41) is 0.550. The van der Waals surface area contributed by atoms with Gasteiger partial charge < -0.3 is 4.90 Å². The number of halogens is 2. The monoisotopic (exact) mass is 412 g/mol. The number of carbonyl (C=O) groups is 1. The van der Waals surface area contributed by atoms with Crippen LogP contribution in [0.15, 0.2) is 53.4 Å². The molecule has 8 heteroatoms. The van der Waals surface area contributed by atoms with Crippen molar-refractivity contribution in [2.75, 3.05) is 23.9 Å². The molecule has 0 atom stereocenters.